The molecule has 1 amide bonds. The average Bonchev–Trinajstić information content (AvgIpc) is 2.59. The lowest BCUT2D eigenvalue weighted by Gasteiger charge is -2.08. The van der Waals surface area contributed by atoms with Crippen molar-refractivity contribution in [3.63, 3.8) is 0 Å². The largest absolute Gasteiger partial charge is 0.452 e. The fourth-order valence-electron chi connectivity index (χ4n) is 1.84. The number of anilines is 1. The molecule has 2 aromatic carbocycles. The standard InChI is InChI=1S/C17H17BrN2O3S/c18-12-6-7-15(19)14(10-12)17(22)23-11-16(21)20-8-9-24-13-4-2-1-3-5-13/h1-7,10H,8-9,11,19H2,(H,20,21). The van der Waals surface area contributed by atoms with E-state index in [1.165, 1.54) is 0 Å². The van der Waals surface area contributed by atoms with Crippen LogP contribution in [0.3, 0.4) is 0 Å². The van der Waals surface area contributed by atoms with Gasteiger partial charge in [0.05, 0.1) is 5.56 Å². The Morgan fingerprint density at radius 2 is 1.92 bits per heavy atom. The lowest BCUT2D eigenvalue weighted by Crippen LogP contribution is -2.30. The van der Waals surface area contributed by atoms with E-state index in [9.17, 15) is 9.59 Å². The Labute approximate surface area is 153 Å². The number of carbonyl (C=O) groups is 2. The fraction of sp³-hybridized carbons (Fsp3) is 0.176. The Morgan fingerprint density at radius 3 is 2.67 bits per heavy atom. The van der Waals surface area contributed by atoms with Crippen molar-refractivity contribution in [3.05, 3.63) is 58.6 Å². The normalized spacial score (nSPS) is 10.2. The van der Waals surface area contributed by atoms with Crippen molar-refractivity contribution in [2.45, 2.75) is 4.90 Å². The highest BCUT2D eigenvalue weighted by atomic mass is 79.9. The number of nitrogens with two attached hydrogens (primary N) is 1. The molecule has 2 rings (SSSR count). The zero-order chi connectivity index (χ0) is 17.4. The van der Waals surface area contributed by atoms with Crippen molar-refractivity contribution in [2.75, 3.05) is 24.6 Å². The Balaban J connectivity index is 1.69. The lowest BCUT2D eigenvalue weighted by atomic mass is 10.2. The summed E-state index contributed by atoms with van der Waals surface area (Å²) in [4.78, 5) is 24.8. The van der Waals surface area contributed by atoms with Crippen LogP contribution < -0.4 is 11.1 Å². The minimum absolute atomic E-state index is 0.233. The molecule has 0 aromatic heterocycles. The van der Waals surface area contributed by atoms with Crippen LogP contribution in [0.2, 0.25) is 0 Å². The first-order valence-electron chi connectivity index (χ1n) is 7.23. The number of rotatable bonds is 7. The van der Waals surface area contributed by atoms with Gasteiger partial charge in [0.1, 0.15) is 0 Å². The number of nitrogen functional groups attached to an aromatic ring is 1. The third-order valence-corrected chi connectivity index (χ3v) is 4.51. The van der Waals surface area contributed by atoms with Gasteiger partial charge in [0.2, 0.25) is 0 Å². The van der Waals surface area contributed by atoms with Crippen LogP contribution in [0.25, 0.3) is 0 Å². The number of ether oxygens (including phenoxy) is 1. The summed E-state index contributed by atoms with van der Waals surface area (Å²) >= 11 is 4.90. The molecule has 0 bridgehead atoms. The zero-order valence-corrected chi connectivity index (χ0v) is 15.2. The van der Waals surface area contributed by atoms with E-state index < -0.39 is 5.97 Å². The molecule has 0 fully saturated rings. The molecule has 0 unspecified atom stereocenters. The number of benzene rings is 2. The van der Waals surface area contributed by atoms with Crippen LogP contribution in [-0.4, -0.2) is 30.8 Å². The number of hydrogen-bond acceptors (Lipinski definition) is 5. The monoisotopic (exact) mass is 408 g/mol. The molecule has 126 valence electrons. The van der Waals surface area contributed by atoms with Gasteiger partial charge in [0.15, 0.2) is 6.61 Å². The second-order valence-corrected chi connectivity index (χ2v) is 6.90. The molecule has 0 spiro atoms. The second kappa shape index (κ2) is 9.34. The molecule has 0 heterocycles. The third-order valence-electron chi connectivity index (χ3n) is 3.01. The second-order valence-electron chi connectivity index (χ2n) is 4.82. The molecule has 2 aromatic rings. The molecule has 0 saturated carbocycles. The number of amides is 1. The molecule has 0 radical (unpaired) electrons. The third kappa shape index (κ3) is 5.90. The maximum Gasteiger partial charge on any atom is 0.340 e. The summed E-state index contributed by atoms with van der Waals surface area (Å²) in [6.45, 7) is 0.162. The SMILES string of the molecule is Nc1ccc(Br)cc1C(=O)OCC(=O)NCCSc1ccccc1. The van der Waals surface area contributed by atoms with Crippen molar-refractivity contribution in [3.8, 4) is 0 Å². The molecule has 0 atom stereocenters. The van der Waals surface area contributed by atoms with Gasteiger partial charge in [-0.25, -0.2) is 4.79 Å². The number of halogens is 1. The maximum absolute atomic E-state index is 11.9. The molecule has 0 aliphatic carbocycles. The van der Waals surface area contributed by atoms with E-state index in [-0.39, 0.29) is 18.1 Å². The van der Waals surface area contributed by atoms with Crippen LogP contribution in [0.1, 0.15) is 10.4 Å². The fourth-order valence-corrected chi connectivity index (χ4v) is 2.99. The van der Waals surface area contributed by atoms with E-state index >= 15 is 0 Å². The van der Waals surface area contributed by atoms with Gasteiger partial charge in [-0.1, -0.05) is 34.1 Å². The first-order chi connectivity index (χ1) is 11.6. The molecule has 0 aliphatic heterocycles. The number of hydrogen-bond donors (Lipinski definition) is 2. The van der Waals surface area contributed by atoms with Gasteiger partial charge in [0, 0.05) is 27.4 Å². The van der Waals surface area contributed by atoms with E-state index in [1.807, 2.05) is 30.3 Å². The number of esters is 1. The smallest absolute Gasteiger partial charge is 0.340 e. The van der Waals surface area contributed by atoms with Crippen LogP contribution in [0.5, 0.6) is 0 Å². The van der Waals surface area contributed by atoms with Gasteiger partial charge in [-0.2, -0.15) is 0 Å². The highest BCUT2D eigenvalue weighted by molar-refractivity contribution is 9.10. The van der Waals surface area contributed by atoms with Gasteiger partial charge < -0.3 is 15.8 Å². The van der Waals surface area contributed by atoms with Crippen LogP contribution in [-0.2, 0) is 9.53 Å². The summed E-state index contributed by atoms with van der Waals surface area (Å²) in [5.41, 5.74) is 6.27. The van der Waals surface area contributed by atoms with Gasteiger partial charge in [-0.15, -0.1) is 11.8 Å². The summed E-state index contributed by atoms with van der Waals surface area (Å²) in [5, 5.41) is 2.71. The van der Waals surface area contributed by atoms with E-state index in [1.54, 1.807) is 30.0 Å². The highest BCUT2D eigenvalue weighted by Crippen LogP contribution is 2.19. The molecular weight excluding hydrogens is 392 g/mol. The van der Waals surface area contributed by atoms with E-state index in [0.29, 0.717) is 16.7 Å². The molecule has 7 heteroatoms. The molecule has 0 saturated heterocycles. The Kier molecular flexibility index (Phi) is 7.14. The van der Waals surface area contributed by atoms with Crippen LogP contribution in [0.15, 0.2) is 57.9 Å². The van der Waals surface area contributed by atoms with Gasteiger partial charge in [-0.05, 0) is 30.3 Å². The summed E-state index contributed by atoms with van der Waals surface area (Å²) in [5.74, 6) is -0.226. The molecule has 24 heavy (non-hydrogen) atoms. The van der Waals surface area contributed by atoms with E-state index in [0.717, 1.165) is 10.6 Å². The summed E-state index contributed by atoms with van der Waals surface area (Å²) < 4.78 is 5.70. The van der Waals surface area contributed by atoms with Crippen molar-refractivity contribution < 1.29 is 14.3 Å². The molecule has 3 N–H and O–H groups in total. The zero-order valence-electron chi connectivity index (χ0n) is 12.8. The minimum Gasteiger partial charge on any atom is -0.452 e. The number of thioether (sulfide) groups is 1. The Bertz CT molecular complexity index is 710. The van der Waals surface area contributed by atoms with Crippen molar-refractivity contribution in [2.24, 2.45) is 0 Å². The van der Waals surface area contributed by atoms with Crippen LogP contribution >= 0.6 is 27.7 Å². The van der Waals surface area contributed by atoms with Crippen LogP contribution in [0, 0.1) is 0 Å². The predicted molar refractivity (Wildman–Crippen MR) is 99.0 cm³/mol. The van der Waals surface area contributed by atoms with Crippen molar-refractivity contribution in [1.29, 1.82) is 0 Å². The summed E-state index contributed by atoms with van der Waals surface area (Å²) in [6, 6.07) is 14.8. The first-order valence-corrected chi connectivity index (χ1v) is 9.01. The summed E-state index contributed by atoms with van der Waals surface area (Å²) in [7, 11) is 0. The molecule has 5 nitrogen and oxygen atoms in total. The van der Waals surface area contributed by atoms with Gasteiger partial charge in [-0.3, -0.25) is 4.79 Å². The minimum atomic E-state index is -0.623. The predicted octanol–water partition coefficient (Wildman–Crippen LogP) is 3.10. The Hall–Kier alpha value is -1.99. The van der Waals surface area contributed by atoms with Crippen molar-refractivity contribution in [1.82, 2.24) is 5.32 Å². The van der Waals surface area contributed by atoms with E-state index in [2.05, 4.69) is 21.2 Å². The highest BCUT2D eigenvalue weighted by Gasteiger charge is 2.13. The van der Waals surface area contributed by atoms with Crippen LogP contribution in [0.4, 0.5) is 5.69 Å². The van der Waals surface area contributed by atoms with E-state index in [4.69, 9.17) is 10.5 Å². The number of carbonyl (C=O) groups excluding carboxylic acids is 2. The van der Waals surface area contributed by atoms with Crippen molar-refractivity contribution >= 4 is 45.3 Å². The Morgan fingerprint density at radius 1 is 1.17 bits per heavy atom. The number of nitrogens with one attached hydrogen (secondary N) is 1. The average molecular weight is 409 g/mol. The topological polar surface area (TPSA) is 81.4 Å². The van der Waals surface area contributed by atoms with Gasteiger partial charge >= 0.3 is 5.97 Å². The lowest BCUT2D eigenvalue weighted by molar-refractivity contribution is -0.124. The molecular formula is C17H17BrN2O3S. The summed E-state index contributed by atoms with van der Waals surface area (Å²) in [6.07, 6.45) is 0. The first kappa shape index (κ1) is 18.4. The quantitative estimate of drug-likeness (QED) is 0.318. The molecule has 0 aliphatic rings. The van der Waals surface area contributed by atoms with Gasteiger partial charge in [0.25, 0.3) is 5.91 Å². The maximum atomic E-state index is 11.9.